The summed E-state index contributed by atoms with van der Waals surface area (Å²) in [6.45, 7) is 1.83. The highest BCUT2D eigenvalue weighted by Gasteiger charge is 2.30. The summed E-state index contributed by atoms with van der Waals surface area (Å²) in [5.74, 6) is -0.670. The summed E-state index contributed by atoms with van der Waals surface area (Å²) in [5, 5.41) is 3.00. The van der Waals surface area contributed by atoms with Crippen LogP contribution in [0, 0.1) is 5.82 Å². The van der Waals surface area contributed by atoms with Crippen LogP contribution in [0.15, 0.2) is 42.6 Å². The summed E-state index contributed by atoms with van der Waals surface area (Å²) < 4.78 is 19.5. The molecule has 0 fully saturated rings. The summed E-state index contributed by atoms with van der Waals surface area (Å²) in [5.41, 5.74) is 2.44. The van der Waals surface area contributed by atoms with Crippen molar-refractivity contribution in [2.24, 2.45) is 0 Å². The first-order valence-corrected chi connectivity index (χ1v) is 8.63. The van der Waals surface area contributed by atoms with Crippen LogP contribution in [0.4, 0.5) is 4.39 Å². The van der Waals surface area contributed by atoms with Crippen molar-refractivity contribution in [2.45, 2.75) is 44.2 Å². The van der Waals surface area contributed by atoms with E-state index in [0.29, 0.717) is 5.56 Å². The summed E-state index contributed by atoms with van der Waals surface area (Å²) in [7, 11) is 1.53. The summed E-state index contributed by atoms with van der Waals surface area (Å²) in [6.07, 6.45) is 3.88. The van der Waals surface area contributed by atoms with Gasteiger partial charge in [0.25, 0.3) is 0 Å². The number of aromatic nitrogens is 1. The van der Waals surface area contributed by atoms with E-state index < -0.39 is 6.10 Å². The Labute approximate surface area is 147 Å². The number of hydrogen-bond acceptors (Lipinski definition) is 3. The zero-order chi connectivity index (χ0) is 17.8. The smallest absolute Gasteiger partial charge is 0.229 e. The number of nitrogens with one attached hydrogen (secondary N) is 1. The van der Waals surface area contributed by atoms with Crippen LogP contribution in [0.25, 0.3) is 0 Å². The summed E-state index contributed by atoms with van der Waals surface area (Å²) >= 11 is 0. The van der Waals surface area contributed by atoms with Crippen LogP contribution >= 0.6 is 0 Å². The number of benzene rings is 1. The van der Waals surface area contributed by atoms with Crippen molar-refractivity contribution in [3.8, 4) is 0 Å². The Bertz CT molecular complexity index is 750. The monoisotopic (exact) mass is 342 g/mol. The van der Waals surface area contributed by atoms with E-state index >= 15 is 0 Å². The van der Waals surface area contributed by atoms with Gasteiger partial charge in [0, 0.05) is 18.9 Å². The van der Waals surface area contributed by atoms with Crippen LogP contribution in [0.2, 0.25) is 0 Å². The Morgan fingerprint density at radius 2 is 2.12 bits per heavy atom. The fourth-order valence-corrected chi connectivity index (χ4v) is 3.57. The van der Waals surface area contributed by atoms with Gasteiger partial charge in [-0.2, -0.15) is 0 Å². The highest BCUT2D eigenvalue weighted by Crippen LogP contribution is 2.31. The molecule has 1 aromatic heterocycles. The summed E-state index contributed by atoms with van der Waals surface area (Å²) in [6, 6.07) is 10.1. The van der Waals surface area contributed by atoms with Crippen molar-refractivity contribution in [2.75, 3.05) is 7.11 Å². The Morgan fingerprint density at radius 1 is 1.32 bits per heavy atom. The highest BCUT2D eigenvalue weighted by atomic mass is 19.1. The average Bonchev–Trinajstić information content (AvgIpc) is 2.63. The van der Waals surface area contributed by atoms with E-state index in [1.165, 1.54) is 13.2 Å². The molecular weight excluding hydrogens is 319 g/mol. The van der Waals surface area contributed by atoms with Gasteiger partial charge in [0.15, 0.2) is 0 Å². The second kappa shape index (κ2) is 7.74. The van der Waals surface area contributed by atoms with Gasteiger partial charge in [0.1, 0.15) is 11.9 Å². The molecule has 0 bridgehead atoms. The van der Waals surface area contributed by atoms with Gasteiger partial charge in [-0.1, -0.05) is 24.3 Å². The molecule has 1 aliphatic carbocycles. The van der Waals surface area contributed by atoms with Crippen LogP contribution in [0.1, 0.15) is 48.6 Å². The Morgan fingerprint density at radius 3 is 2.88 bits per heavy atom. The predicted octanol–water partition coefficient (Wildman–Crippen LogP) is 3.53. The number of carbonyl (C=O) groups excluding carboxylic acids is 1. The zero-order valence-corrected chi connectivity index (χ0v) is 14.5. The van der Waals surface area contributed by atoms with Gasteiger partial charge in [-0.25, -0.2) is 4.39 Å². The van der Waals surface area contributed by atoms with Gasteiger partial charge >= 0.3 is 0 Å². The van der Waals surface area contributed by atoms with Gasteiger partial charge in [0.05, 0.1) is 17.7 Å². The third-order valence-corrected chi connectivity index (χ3v) is 4.80. The lowest BCUT2D eigenvalue weighted by atomic mass is 9.86. The number of methoxy groups -OCH3 is 1. The quantitative estimate of drug-likeness (QED) is 0.904. The van der Waals surface area contributed by atoms with Gasteiger partial charge in [-0.15, -0.1) is 0 Å². The molecule has 0 radical (unpaired) electrons. The molecule has 1 N–H and O–H groups in total. The molecular formula is C20H23FN2O2. The predicted molar refractivity (Wildman–Crippen MR) is 93.7 cm³/mol. The maximum atomic E-state index is 14.1. The maximum Gasteiger partial charge on any atom is 0.229 e. The molecule has 5 heteroatoms. The molecule has 1 amide bonds. The number of rotatable bonds is 5. The highest BCUT2D eigenvalue weighted by molar-refractivity contribution is 5.84. The van der Waals surface area contributed by atoms with Crippen LogP contribution in [-0.4, -0.2) is 24.0 Å². The molecule has 3 atom stereocenters. The average molecular weight is 342 g/mol. The van der Waals surface area contributed by atoms with Gasteiger partial charge in [-0.3, -0.25) is 9.78 Å². The second-order valence-corrected chi connectivity index (χ2v) is 6.47. The van der Waals surface area contributed by atoms with Crippen LogP contribution < -0.4 is 5.32 Å². The molecule has 1 aromatic carbocycles. The third-order valence-electron chi connectivity index (χ3n) is 4.80. The lowest BCUT2D eigenvalue weighted by Crippen LogP contribution is -2.41. The maximum absolute atomic E-state index is 14.1. The number of ether oxygens (including phenoxy) is 1. The molecule has 0 saturated heterocycles. The molecule has 132 valence electrons. The Kier molecular flexibility index (Phi) is 5.43. The lowest BCUT2D eigenvalue weighted by molar-refractivity contribution is -0.124. The first kappa shape index (κ1) is 17.5. The Balaban J connectivity index is 1.75. The lowest BCUT2D eigenvalue weighted by Gasteiger charge is -2.28. The van der Waals surface area contributed by atoms with E-state index in [0.717, 1.165) is 30.5 Å². The van der Waals surface area contributed by atoms with E-state index in [4.69, 9.17) is 4.74 Å². The van der Waals surface area contributed by atoms with E-state index in [9.17, 15) is 9.18 Å². The molecule has 0 aliphatic heterocycles. The van der Waals surface area contributed by atoms with E-state index in [-0.39, 0.29) is 23.7 Å². The number of nitrogens with zero attached hydrogens (tertiary/aromatic N) is 1. The minimum absolute atomic E-state index is 0.0782. The first-order valence-electron chi connectivity index (χ1n) is 8.63. The number of fused-ring (bicyclic) bond motifs is 1. The standard InChI is InChI=1S/C20H23FN2O2/c1-13(19(25-2)15-9-3-4-11-17(15)21)23-20(24)16-10-5-7-14-8-6-12-22-18(14)16/h3-4,6,8-9,11-13,16,19H,5,7,10H2,1-2H3,(H,23,24)/t13-,16+,19+/m1/s1. The SMILES string of the molecule is CO[C@H](c1ccccc1F)[C@@H](C)NC(=O)[C@H]1CCCc2cccnc21. The van der Waals surface area contributed by atoms with E-state index in [1.54, 1.807) is 24.4 Å². The van der Waals surface area contributed by atoms with Crippen LogP contribution in [0.3, 0.4) is 0 Å². The molecule has 0 saturated carbocycles. The van der Waals surface area contributed by atoms with Crippen molar-refractivity contribution in [1.82, 2.24) is 10.3 Å². The van der Waals surface area contributed by atoms with Gasteiger partial charge < -0.3 is 10.1 Å². The number of pyridine rings is 1. The molecule has 1 heterocycles. The fourth-order valence-electron chi connectivity index (χ4n) is 3.57. The van der Waals surface area contributed by atoms with Crippen molar-refractivity contribution in [3.63, 3.8) is 0 Å². The number of hydrogen-bond donors (Lipinski definition) is 1. The number of halogens is 1. The fraction of sp³-hybridized carbons (Fsp3) is 0.400. The van der Waals surface area contributed by atoms with Crippen molar-refractivity contribution in [1.29, 1.82) is 0 Å². The van der Waals surface area contributed by atoms with E-state index in [1.807, 2.05) is 19.1 Å². The molecule has 4 nitrogen and oxygen atoms in total. The van der Waals surface area contributed by atoms with Gasteiger partial charge in [0.2, 0.25) is 5.91 Å². The molecule has 3 rings (SSSR count). The second-order valence-electron chi connectivity index (χ2n) is 6.47. The number of carbonyl (C=O) groups is 1. The Hall–Kier alpha value is -2.27. The molecule has 1 aliphatic rings. The van der Waals surface area contributed by atoms with Crippen molar-refractivity contribution >= 4 is 5.91 Å². The largest absolute Gasteiger partial charge is 0.375 e. The molecule has 2 aromatic rings. The minimum atomic E-state index is -0.544. The molecule has 0 unspecified atom stereocenters. The number of aryl methyl sites for hydroxylation is 1. The van der Waals surface area contributed by atoms with Gasteiger partial charge in [-0.05, 0) is 43.9 Å². The number of amides is 1. The van der Waals surface area contributed by atoms with Crippen LogP contribution in [0.5, 0.6) is 0 Å². The van der Waals surface area contributed by atoms with Crippen LogP contribution in [-0.2, 0) is 16.0 Å². The molecule has 25 heavy (non-hydrogen) atoms. The summed E-state index contributed by atoms with van der Waals surface area (Å²) in [4.78, 5) is 17.2. The third kappa shape index (κ3) is 3.71. The topological polar surface area (TPSA) is 51.2 Å². The van der Waals surface area contributed by atoms with Crippen molar-refractivity contribution < 1.29 is 13.9 Å². The van der Waals surface area contributed by atoms with Crippen molar-refractivity contribution in [3.05, 3.63) is 65.2 Å². The normalized spacial score (nSPS) is 18.9. The zero-order valence-electron chi connectivity index (χ0n) is 14.5. The van der Waals surface area contributed by atoms with E-state index in [2.05, 4.69) is 10.3 Å². The minimum Gasteiger partial charge on any atom is -0.375 e. The first-order chi connectivity index (χ1) is 12.1. The molecule has 0 spiro atoms.